The molecule has 0 bridgehead atoms. The first-order valence-corrected chi connectivity index (χ1v) is 13.0. The third-order valence-electron chi connectivity index (χ3n) is 7.50. The van der Waals surface area contributed by atoms with Crippen LogP contribution in [0.3, 0.4) is 0 Å². The lowest BCUT2D eigenvalue weighted by Gasteiger charge is -2.39. The highest BCUT2D eigenvalue weighted by atomic mass is 16.3. The quantitative estimate of drug-likeness (QED) is 0.546. The number of piperidine rings is 1. The van der Waals surface area contributed by atoms with Crippen LogP contribution in [0.2, 0.25) is 0 Å². The molecule has 1 aromatic carbocycles. The summed E-state index contributed by atoms with van der Waals surface area (Å²) in [5.74, 6) is 0.590. The molecule has 2 aliphatic heterocycles. The lowest BCUT2D eigenvalue weighted by molar-refractivity contribution is -0.138. The summed E-state index contributed by atoms with van der Waals surface area (Å²) in [5, 5.41) is 25.3. The second-order valence-electron chi connectivity index (χ2n) is 10.1. The van der Waals surface area contributed by atoms with Crippen molar-refractivity contribution in [3.8, 4) is 11.3 Å². The second-order valence-corrected chi connectivity index (χ2v) is 10.1. The number of aliphatic hydroxyl groups excluding tert-OH is 2. The number of nitrogens with zero attached hydrogens (tertiary/aromatic N) is 4. The van der Waals surface area contributed by atoms with E-state index in [4.69, 9.17) is 5.10 Å². The first-order chi connectivity index (χ1) is 16.5. The smallest absolute Gasteiger partial charge is 0.236 e. The molecule has 1 saturated heterocycles. The van der Waals surface area contributed by atoms with Gasteiger partial charge in [-0.25, -0.2) is 0 Å². The van der Waals surface area contributed by atoms with Gasteiger partial charge in [-0.3, -0.25) is 14.4 Å². The second kappa shape index (κ2) is 11.5. The lowest BCUT2D eigenvalue weighted by atomic mass is 9.94. The molecule has 2 unspecified atom stereocenters. The molecular formula is C27H40N4O3. The van der Waals surface area contributed by atoms with E-state index in [0.29, 0.717) is 12.5 Å². The van der Waals surface area contributed by atoms with Crippen LogP contribution in [-0.4, -0.2) is 68.5 Å². The fraction of sp³-hybridized carbons (Fsp3) is 0.630. The number of hydrogen-bond donors (Lipinski definition) is 2. The molecule has 0 spiro atoms. The Hall–Kier alpha value is -2.22. The van der Waals surface area contributed by atoms with Crippen molar-refractivity contribution in [3.05, 3.63) is 41.6 Å². The molecule has 186 valence electrons. The number of unbranched alkanes of at least 4 members (excludes halogenated alkanes) is 2. The van der Waals surface area contributed by atoms with Gasteiger partial charge in [-0.05, 0) is 44.6 Å². The topological polar surface area (TPSA) is 81.8 Å². The number of rotatable bonds is 9. The number of fused-ring (bicyclic) bond motifs is 1. The Morgan fingerprint density at radius 2 is 1.85 bits per heavy atom. The van der Waals surface area contributed by atoms with E-state index in [0.717, 1.165) is 68.6 Å². The summed E-state index contributed by atoms with van der Waals surface area (Å²) in [6, 6.07) is 10.4. The number of benzene rings is 1. The maximum atomic E-state index is 13.1. The minimum absolute atomic E-state index is 0.0838. The molecule has 1 aromatic heterocycles. The van der Waals surface area contributed by atoms with Gasteiger partial charge in [0, 0.05) is 31.8 Å². The Morgan fingerprint density at radius 3 is 2.53 bits per heavy atom. The summed E-state index contributed by atoms with van der Waals surface area (Å²) in [4.78, 5) is 17.0. The Balaban J connectivity index is 1.49. The molecule has 2 atom stereocenters. The third kappa shape index (κ3) is 5.70. The van der Waals surface area contributed by atoms with Crippen molar-refractivity contribution >= 4 is 5.91 Å². The third-order valence-corrected chi connectivity index (χ3v) is 7.50. The molecule has 1 fully saturated rings. The highest BCUT2D eigenvalue weighted by Crippen LogP contribution is 2.34. The van der Waals surface area contributed by atoms with Gasteiger partial charge in [-0.1, -0.05) is 56.0 Å². The Bertz CT molecular complexity index is 934. The van der Waals surface area contributed by atoms with Crippen LogP contribution in [0, 0.1) is 12.8 Å². The van der Waals surface area contributed by atoms with E-state index in [2.05, 4.69) is 38.1 Å². The van der Waals surface area contributed by atoms with Crippen LogP contribution in [0.5, 0.6) is 0 Å². The van der Waals surface area contributed by atoms with Crippen molar-refractivity contribution in [3.63, 3.8) is 0 Å². The largest absolute Gasteiger partial charge is 0.396 e. The summed E-state index contributed by atoms with van der Waals surface area (Å²) in [6.07, 6.45) is 6.29. The fourth-order valence-electron chi connectivity index (χ4n) is 5.32. The summed E-state index contributed by atoms with van der Waals surface area (Å²) in [6.45, 7) is 6.82. The number of hydrogen-bond acceptors (Lipinski definition) is 5. The van der Waals surface area contributed by atoms with Crippen LogP contribution in [0.4, 0.5) is 0 Å². The molecule has 34 heavy (non-hydrogen) atoms. The Morgan fingerprint density at radius 1 is 1.12 bits per heavy atom. The van der Waals surface area contributed by atoms with Crippen LogP contribution in [0.25, 0.3) is 11.3 Å². The average molecular weight is 469 g/mol. The van der Waals surface area contributed by atoms with E-state index < -0.39 is 6.23 Å². The van der Waals surface area contributed by atoms with Gasteiger partial charge < -0.3 is 15.1 Å². The molecule has 0 radical (unpaired) electrons. The SMILES string of the molecule is CCCCCC1CN(CC(=O)N2CCC(CCO)CC2)C(O)c2cc(-c3ccc(C)cc3)nn21. The van der Waals surface area contributed by atoms with Gasteiger partial charge in [-0.15, -0.1) is 0 Å². The first-order valence-electron chi connectivity index (χ1n) is 13.0. The molecular weight excluding hydrogens is 428 g/mol. The van der Waals surface area contributed by atoms with Crippen LogP contribution < -0.4 is 0 Å². The first kappa shape index (κ1) is 24.9. The van der Waals surface area contributed by atoms with Gasteiger partial charge in [0.05, 0.1) is 24.0 Å². The lowest BCUT2D eigenvalue weighted by Crippen LogP contribution is -2.48. The van der Waals surface area contributed by atoms with E-state index in [1.807, 2.05) is 20.5 Å². The van der Waals surface area contributed by atoms with Crippen molar-refractivity contribution in [1.82, 2.24) is 19.6 Å². The summed E-state index contributed by atoms with van der Waals surface area (Å²) < 4.78 is 2.01. The Kier molecular flexibility index (Phi) is 8.40. The number of amides is 1. The van der Waals surface area contributed by atoms with Crippen LogP contribution in [0.1, 0.15) is 75.4 Å². The summed E-state index contributed by atoms with van der Waals surface area (Å²) in [7, 11) is 0. The normalized spacial score (nSPS) is 21.6. The highest BCUT2D eigenvalue weighted by molar-refractivity contribution is 5.78. The zero-order chi connectivity index (χ0) is 24.1. The summed E-state index contributed by atoms with van der Waals surface area (Å²) >= 11 is 0. The molecule has 2 aliphatic rings. The molecule has 7 nitrogen and oxygen atoms in total. The number of aryl methyl sites for hydroxylation is 1. The van der Waals surface area contributed by atoms with Crippen LogP contribution >= 0.6 is 0 Å². The zero-order valence-corrected chi connectivity index (χ0v) is 20.7. The van der Waals surface area contributed by atoms with Crippen molar-refractivity contribution in [2.45, 2.75) is 71.1 Å². The summed E-state index contributed by atoms with van der Waals surface area (Å²) in [5.41, 5.74) is 3.89. The van der Waals surface area contributed by atoms with E-state index in [1.165, 1.54) is 12.0 Å². The van der Waals surface area contributed by atoms with Gasteiger partial charge >= 0.3 is 0 Å². The van der Waals surface area contributed by atoms with Crippen molar-refractivity contribution in [2.75, 3.05) is 32.8 Å². The number of carbonyl (C=O) groups is 1. The number of aliphatic hydroxyl groups is 2. The van der Waals surface area contributed by atoms with E-state index in [-0.39, 0.29) is 25.1 Å². The predicted molar refractivity (Wildman–Crippen MR) is 133 cm³/mol. The zero-order valence-electron chi connectivity index (χ0n) is 20.7. The number of carbonyl (C=O) groups excluding carboxylic acids is 1. The number of aromatic nitrogens is 2. The molecule has 0 saturated carbocycles. The maximum absolute atomic E-state index is 13.1. The van der Waals surface area contributed by atoms with Gasteiger partial charge in [0.1, 0.15) is 0 Å². The molecule has 7 heteroatoms. The van der Waals surface area contributed by atoms with Crippen molar-refractivity contribution in [2.24, 2.45) is 5.92 Å². The van der Waals surface area contributed by atoms with E-state index in [9.17, 15) is 15.0 Å². The van der Waals surface area contributed by atoms with Gasteiger partial charge in [0.25, 0.3) is 0 Å². The van der Waals surface area contributed by atoms with Gasteiger partial charge in [0.15, 0.2) is 6.23 Å². The molecule has 2 aromatic rings. The van der Waals surface area contributed by atoms with Crippen molar-refractivity contribution < 1.29 is 15.0 Å². The van der Waals surface area contributed by atoms with E-state index >= 15 is 0 Å². The van der Waals surface area contributed by atoms with Crippen molar-refractivity contribution in [1.29, 1.82) is 0 Å². The minimum atomic E-state index is -0.843. The predicted octanol–water partition coefficient (Wildman–Crippen LogP) is 3.91. The maximum Gasteiger partial charge on any atom is 0.236 e. The Labute approximate surface area is 203 Å². The van der Waals surface area contributed by atoms with Gasteiger partial charge in [-0.2, -0.15) is 5.10 Å². The molecule has 3 heterocycles. The molecule has 1 amide bonds. The minimum Gasteiger partial charge on any atom is -0.396 e. The van der Waals surface area contributed by atoms with Gasteiger partial charge in [0.2, 0.25) is 5.91 Å². The van der Waals surface area contributed by atoms with Crippen LogP contribution in [0.15, 0.2) is 30.3 Å². The number of likely N-dealkylation sites (tertiary alicyclic amines) is 1. The van der Waals surface area contributed by atoms with E-state index in [1.54, 1.807) is 0 Å². The molecule has 0 aliphatic carbocycles. The highest BCUT2D eigenvalue weighted by Gasteiger charge is 2.35. The molecule has 4 rings (SSSR count). The van der Waals surface area contributed by atoms with Crippen LogP contribution in [-0.2, 0) is 4.79 Å². The average Bonchev–Trinajstić information content (AvgIpc) is 3.29. The monoisotopic (exact) mass is 468 g/mol. The standard InChI is InChI=1S/C27H40N4O3/c1-3-4-5-6-23-18-30(19-26(33)29-14-11-21(12-15-29)13-16-32)27(34)25-17-24(28-31(23)25)22-9-7-20(2)8-10-22/h7-10,17,21,23,27,32,34H,3-6,11-16,18-19H2,1-2H3. The molecule has 2 N–H and O–H groups in total. The fourth-order valence-corrected chi connectivity index (χ4v) is 5.32.